The van der Waals surface area contributed by atoms with Crippen molar-refractivity contribution >= 4 is 45.6 Å². The van der Waals surface area contributed by atoms with Gasteiger partial charge in [-0.2, -0.15) is 0 Å². The van der Waals surface area contributed by atoms with Crippen LogP contribution in [0.4, 0.5) is 0 Å². The van der Waals surface area contributed by atoms with Crippen LogP contribution in [0.15, 0.2) is 18.2 Å². The van der Waals surface area contributed by atoms with Crippen molar-refractivity contribution in [3.63, 3.8) is 0 Å². The molecule has 1 aliphatic carbocycles. The van der Waals surface area contributed by atoms with Crippen LogP contribution in [0.25, 0.3) is 0 Å². The van der Waals surface area contributed by atoms with E-state index < -0.39 is 0 Å². The molecule has 3 heteroatoms. The number of benzene rings is 1. The maximum absolute atomic E-state index is 5.53. The molecule has 0 heterocycles. The molecular formula is C13H16I2O. The van der Waals surface area contributed by atoms with E-state index in [1.165, 1.54) is 27.5 Å². The molecule has 0 unspecified atom stereocenters. The molecule has 1 aromatic rings. The van der Waals surface area contributed by atoms with Crippen LogP contribution in [0.3, 0.4) is 0 Å². The molecule has 0 radical (unpaired) electrons. The Kier molecular flexibility index (Phi) is 3.59. The summed E-state index contributed by atoms with van der Waals surface area (Å²) in [6.07, 6.45) is 2.64. The summed E-state index contributed by atoms with van der Waals surface area (Å²) >= 11 is 4.39. The third-order valence-corrected chi connectivity index (χ3v) is 5.21. The molecule has 0 spiro atoms. The molecule has 2 rings (SSSR count). The molecule has 1 aromatic carbocycles. The summed E-state index contributed by atoms with van der Waals surface area (Å²) in [5.74, 6) is 0. The fourth-order valence-corrected chi connectivity index (χ4v) is 2.73. The highest BCUT2D eigenvalue weighted by atomic mass is 127. The molecule has 0 amide bonds. The number of rotatable bonds is 3. The minimum absolute atomic E-state index is 0.207. The van der Waals surface area contributed by atoms with Gasteiger partial charge in [-0.15, -0.1) is 0 Å². The largest absolute Gasteiger partial charge is 0.305 e. The van der Waals surface area contributed by atoms with E-state index in [2.05, 4.69) is 61.6 Å². The van der Waals surface area contributed by atoms with Gasteiger partial charge >= 0.3 is 0 Å². The van der Waals surface area contributed by atoms with Crippen molar-refractivity contribution < 1.29 is 3.07 Å². The van der Waals surface area contributed by atoms with Crippen molar-refractivity contribution in [3.05, 3.63) is 32.9 Å². The lowest BCUT2D eigenvalue weighted by Crippen LogP contribution is -2.18. The van der Waals surface area contributed by atoms with Gasteiger partial charge in [0, 0.05) is 3.57 Å². The van der Waals surface area contributed by atoms with E-state index in [4.69, 9.17) is 3.07 Å². The maximum Gasteiger partial charge on any atom is 0.110 e. The van der Waals surface area contributed by atoms with Crippen LogP contribution in [-0.2, 0) is 14.1 Å². The molecule has 88 valence electrons. The molecule has 0 aromatic heterocycles. The lowest BCUT2D eigenvalue weighted by atomic mass is 9.91. The molecule has 0 saturated heterocycles. The molecule has 0 N–H and O–H groups in total. The van der Waals surface area contributed by atoms with E-state index in [1.54, 1.807) is 0 Å². The van der Waals surface area contributed by atoms with Gasteiger partial charge in [0.15, 0.2) is 0 Å². The highest BCUT2D eigenvalue weighted by molar-refractivity contribution is 14.1. The minimum atomic E-state index is -0.207. The Bertz CT molecular complexity index is 408. The third-order valence-electron chi connectivity index (χ3n) is 3.48. The van der Waals surface area contributed by atoms with Crippen LogP contribution >= 0.6 is 45.6 Å². The van der Waals surface area contributed by atoms with E-state index in [-0.39, 0.29) is 5.60 Å². The van der Waals surface area contributed by atoms with Crippen LogP contribution in [0.1, 0.15) is 44.7 Å². The Morgan fingerprint density at radius 3 is 2.38 bits per heavy atom. The summed E-state index contributed by atoms with van der Waals surface area (Å²) in [4.78, 5) is 0. The standard InChI is InChI=1S/C13H16I2O/c1-12(2,16-15)9-6-10(8-11(14)7-9)13(3)4-5-13/h6-8H,4-5H2,1-3H3. The second kappa shape index (κ2) is 4.39. The molecular weight excluding hydrogens is 426 g/mol. The monoisotopic (exact) mass is 442 g/mol. The van der Waals surface area contributed by atoms with Gasteiger partial charge in [-0.3, -0.25) is 0 Å². The van der Waals surface area contributed by atoms with Crippen molar-refractivity contribution in [2.24, 2.45) is 0 Å². The highest BCUT2D eigenvalue weighted by Gasteiger charge is 2.39. The molecule has 1 fully saturated rings. The zero-order valence-corrected chi connectivity index (χ0v) is 14.1. The lowest BCUT2D eigenvalue weighted by Gasteiger charge is -2.24. The molecule has 0 atom stereocenters. The van der Waals surface area contributed by atoms with Gasteiger partial charge < -0.3 is 3.07 Å². The predicted octanol–water partition coefficient (Wildman–Crippen LogP) is 4.94. The van der Waals surface area contributed by atoms with Gasteiger partial charge in [-0.1, -0.05) is 13.0 Å². The topological polar surface area (TPSA) is 9.23 Å². The fourth-order valence-electron chi connectivity index (χ4n) is 1.81. The van der Waals surface area contributed by atoms with Crippen molar-refractivity contribution in [1.29, 1.82) is 0 Å². The summed E-state index contributed by atoms with van der Waals surface area (Å²) in [6.45, 7) is 6.58. The van der Waals surface area contributed by atoms with E-state index in [9.17, 15) is 0 Å². The van der Waals surface area contributed by atoms with Crippen molar-refractivity contribution in [3.8, 4) is 0 Å². The average molecular weight is 442 g/mol. The van der Waals surface area contributed by atoms with Crippen LogP contribution in [0.5, 0.6) is 0 Å². The molecule has 1 aliphatic rings. The van der Waals surface area contributed by atoms with Gasteiger partial charge in [0.1, 0.15) is 28.6 Å². The molecule has 1 saturated carbocycles. The van der Waals surface area contributed by atoms with E-state index >= 15 is 0 Å². The Morgan fingerprint density at radius 1 is 1.25 bits per heavy atom. The van der Waals surface area contributed by atoms with E-state index in [0.29, 0.717) is 5.41 Å². The first-order valence-electron chi connectivity index (χ1n) is 5.49. The Labute approximate surface area is 125 Å². The molecule has 1 nitrogen and oxygen atoms in total. The van der Waals surface area contributed by atoms with E-state index in [1.807, 2.05) is 23.0 Å². The van der Waals surface area contributed by atoms with E-state index in [0.717, 1.165) is 0 Å². The summed E-state index contributed by atoms with van der Waals surface area (Å²) in [6, 6.07) is 6.84. The van der Waals surface area contributed by atoms with Gasteiger partial charge in [-0.25, -0.2) is 0 Å². The van der Waals surface area contributed by atoms with Gasteiger partial charge in [0.25, 0.3) is 0 Å². The maximum atomic E-state index is 5.53. The van der Waals surface area contributed by atoms with Gasteiger partial charge in [-0.05, 0) is 78.0 Å². The highest BCUT2D eigenvalue weighted by Crippen LogP contribution is 2.48. The number of hydrogen-bond donors (Lipinski definition) is 0. The SMILES string of the molecule is CC1(c2cc(I)cc(C(C)(C)OI)c2)CC1. The first kappa shape index (κ1) is 13.1. The summed E-state index contributed by atoms with van der Waals surface area (Å²) in [7, 11) is 0. The smallest absolute Gasteiger partial charge is 0.110 e. The lowest BCUT2D eigenvalue weighted by molar-refractivity contribution is 0.176. The minimum Gasteiger partial charge on any atom is -0.305 e. The van der Waals surface area contributed by atoms with Gasteiger partial charge in [0.05, 0.1) is 0 Å². The Morgan fingerprint density at radius 2 is 1.88 bits per heavy atom. The second-order valence-electron chi connectivity index (χ2n) is 5.38. The normalized spacial score (nSPS) is 18.6. The summed E-state index contributed by atoms with van der Waals surface area (Å²) in [5, 5.41) is 0. The van der Waals surface area contributed by atoms with Gasteiger partial charge in [0.2, 0.25) is 0 Å². The predicted molar refractivity (Wildman–Crippen MR) is 83.9 cm³/mol. The zero-order valence-electron chi connectivity index (χ0n) is 9.81. The number of hydrogen-bond acceptors (Lipinski definition) is 1. The zero-order chi connectivity index (χ0) is 12.0. The molecule has 0 aliphatic heterocycles. The number of halogens is 2. The average Bonchev–Trinajstić information content (AvgIpc) is 2.97. The fraction of sp³-hybridized carbons (Fsp3) is 0.538. The van der Waals surface area contributed by atoms with Crippen molar-refractivity contribution in [1.82, 2.24) is 0 Å². The first-order valence-corrected chi connectivity index (χ1v) is 7.45. The second-order valence-corrected chi connectivity index (χ2v) is 7.06. The summed E-state index contributed by atoms with van der Waals surface area (Å²) in [5.41, 5.74) is 2.96. The molecule has 16 heavy (non-hydrogen) atoms. The van der Waals surface area contributed by atoms with Crippen LogP contribution in [0, 0.1) is 3.57 Å². The van der Waals surface area contributed by atoms with Crippen molar-refractivity contribution in [2.45, 2.75) is 44.6 Å². The Balaban J connectivity index is 2.44. The third kappa shape index (κ3) is 2.56. The summed E-state index contributed by atoms with van der Waals surface area (Å²) < 4.78 is 6.84. The first-order chi connectivity index (χ1) is 7.37. The van der Waals surface area contributed by atoms with Crippen LogP contribution in [-0.4, -0.2) is 0 Å². The quantitative estimate of drug-likeness (QED) is 0.603. The van der Waals surface area contributed by atoms with Crippen LogP contribution < -0.4 is 0 Å². The molecule has 0 bridgehead atoms. The Hall–Kier alpha value is 0.640. The van der Waals surface area contributed by atoms with Crippen molar-refractivity contribution in [2.75, 3.05) is 0 Å². The van der Waals surface area contributed by atoms with Crippen LogP contribution in [0.2, 0.25) is 0 Å².